The maximum Gasteiger partial charge on any atom is 0.183 e. The first kappa shape index (κ1) is 13.4. The molecule has 0 aliphatic rings. The average Bonchev–Trinajstić information content (AvgIpc) is 2.34. The van der Waals surface area contributed by atoms with Gasteiger partial charge in [-0.05, 0) is 18.1 Å². The molecule has 2 nitrogen and oxygen atoms in total. The predicted octanol–water partition coefficient (Wildman–Crippen LogP) is 3.73. The quantitative estimate of drug-likeness (QED) is 0.558. The van der Waals surface area contributed by atoms with Gasteiger partial charge in [0.25, 0.3) is 0 Å². The Bertz CT molecular complexity index is 416. The molecule has 0 fully saturated rings. The Morgan fingerprint density at radius 1 is 1.29 bits per heavy atom. The lowest BCUT2D eigenvalue weighted by atomic mass is 10.0. The van der Waals surface area contributed by atoms with Gasteiger partial charge in [-0.1, -0.05) is 51.1 Å². The lowest BCUT2D eigenvalue weighted by Gasteiger charge is -2.04. The van der Waals surface area contributed by atoms with Gasteiger partial charge in [0.1, 0.15) is 5.70 Å². The van der Waals surface area contributed by atoms with Gasteiger partial charge in [-0.15, -0.1) is 0 Å². The van der Waals surface area contributed by atoms with E-state index < -0.39 is 0 Å². The largest absolute Gasteiger partial charge is 0.292 e. The molecular formula is C15H19NO. The van der Waals surface area contributed by atoms with Crippen molar-refractivity contribution >= 4 is 18.1 Å². The van der Waals surface area contributed by atoms with Crippen LogP contribution in [0.25, 0.3) is 6.08 Å². The van der Waals surface area contributed by atoms with Gasteiger partial charge in [-0.2, -0.15) is 0 Å². The van der Waals surface area contributed by atoms with Crippen molar-refractivity contribution in [3.63, 3.8) is 0 Å². The lowest BCUT2D eigenvalue weighted by Crippen LogP contribution is -2.09. The molecule has 0 aliphatic heterocycles. The molecule has 0 aromatic heterocycles. The van der Waals surface area contributed by atoms with Gasteiger partial charge in [0.15, 0.2) is 5.78 Å². The topological polar surface area (TPSA) is 29.4 Å². The Morgan fingerprint density at radius 2 is 1.94 bits per heavy atom. The van der Waals surface area contributed by atoms with E-state index in [1.54, 1.807) is 6.21 Å². The monoisotopic (exact) mass is 229 g/mol. The highest BCUT2D eigenvalue weighted by Gasteiger charge is 2.12. The number of Topliss-reactive ketones (excluding diaryl/α,β-unsaturated/α-hetero) is 1. The van der Waals surface area contributed by atoms with Crippen molar-refractivity contribution in [3.8, 4) is 0 Å². The highest BCUT2D eigenvalue weighted by Crippen LogP contribution is 2.12. The molecule has 0 radical (unpaired) electrons. The molecule has 1 aromatic carbocycles. The second-order valence-corrected chi connectivity index (χ2v) is 4.18. The third-order valence-corrected chi connectivity index (χ3v) is 2.29. The fourth-order valence-electron chi connectivity index (χ4n) is 1.36. The molecule has 0 amide bonds. The zero-order valence-corrected chi connectivity index (χ0v) is 10.7. The number of hydrogen-bond acceptors (Lipinski definition) is 2. The fraction of sp³-hybridized carbons (Fsp3) is 0.333. The standard InChI is InChI=1S/C15H19NO/c1-4-10-16-14(15(17)12(2)3)11-13-8-6-5-7-9-13/h5-12H,4H2,1-3H3/b14-11+,16-10?. The number of carbonyl (C=O) groups excluding carboxylic acids is 1. The number of rotatable bonds is 5. The molecule has 0 spiro atoms. The Kier molecular flexibility index (Phi) is 5.34. The van der Waals surface area contributed by atoms with Crippen molar-refractivity contribution in [2.45, 2.75) is 27.2 Å². The maximum atomic E-state index is 12.0. The van der Waals surface area contributed by atoms with Gasteiger partial charge < -0.3 is 0 Å². The van der Waals surface area contributed by atoms with E-state index >= 15 is 0 Å². The molecule has 0 N–H and O–H groups in total. The molecule has 0 saturated heterocycles. The molecule has 2 heteroatoms. The summed E-state index contributed by atoms with van der Waals surface area (Å²) in [6.45, 7) is 5.79. The number of nitrogens with zero attached hydrogens (tertiary/aromatic N) is 1. The predicted molar refractivity (Wildman–Crippen MR) is 73.0 cm³/mol. The Balaban J connectivity index is 3.02. The summed E-state index contributed by atoms with van der Waals surface area (Å²) < 4.78 is 0. The fourth-order valence-corrected chi connectivity index (χ4v) is 1.36. The Hall–Kier alpha value is -1.70. The molecular weight excluding hydrogens is 210 g/mol. The SMILES string of the molecule is CCC=N/C(=C/c1ccccc1)C(=O)C(C)C. The summed E-state index contributed by atoms with van der Waals surface area (Å²) >= 11 is 0. The van der Waals surface area contributed by atoms with E-state index in [2.05, 4.69) is 4.99 Å². The van der Waals surface area contributed by atoms with Crippen LogP contribution in [0.2, 0.25) is 0 Å². The molecule has 0 bridgehead atoms. The normalized spacial score (nSPS) is 12.4. The van der Waals surface area contributed by atoms with Gasteiger partial charge in [-0.25, -0.2) is 0 Å². The number of ketones is 1. The third-order valence-electron chi connectivity index (χ3n) is 2.29. The second kappa shape index (κ2) is 6.79. The molecule has 0 saturated carbocycles. The van der Waals surface area contributed by atoms with Crippen LogP contribution in [0.15, 0.2) is 41.0 Å². The van der Waals surface area contributed by atoms with Crippen molar-refractivity contribution in [1.82, 2.24) is 0 Å². The number of carbonyl (C=O) groups is 1. The molecule has 0 atom stereocenters. The van der Waals surface area contributed by atoms with Crippen molar-refractivity contribution in [2.24, 2.45) is 10.9 Å². The molecule has 1 aromatic rings. The summed E-state index contributed by atoms with van der Waals surface area (Å²) in [5, 5.41) is 0. The number of aliphatic imine (C=N–C) groups is 1. The van der Waals surface area contributed by atoms with Crippen molar-refractivity contribution < 1.29 is 4.79 Å². The first-order valence-electron chi connectivity index (χ1n) is 5.98. The van der Waals surface area contributed by atoms with Gasteiger partial charge >= 0.3 is 0 Å². The molecule has 0 heterocycles. The number of allylic oxidation sites excluding steroid dienone is 1. The van der Waals surface area contributed by atoms with E-state index in [0.717, 1.165) is 12.0 Å². The minimum absolute atomic E-state index is 0.0287. The van der Waals surface area contributed by atoms with Crippen LogP contribution in [0.3, 0.4) is 0 Å². The van der Waals surface area contributed by atoms with Crippen LogP contribution in [0, 0.1) is 5.92 Å². The maximum absolute atomic E-state index is 12.0. The summed E-state index contributed by atoms with van der Waals surface area (Å²) in [5.41, 5.74) is 1.54. The molecule has 1 rings (SSSR count). The first-order chi connectivity index (χ1) is 8.15. The van der Waals surface area contributed by atoms with Gasteiger partial charge in [0, 0.05) is 12.1 Å². The number of benzene rings is 1. The molecule has 0 unspecified atom stereocenters. The number of hydrogen-bond donors (Lipinski definition) is 0. The highest BCUT2D eigenvalue weighted by atomic mass is 16.1. The van der Waals surface area contributed by atoms with Crippen LogP contribution in [0.4, 0.5) is 0 Å². The minimum atomic E-state index is -0.0287. The van der Waals surface area contributed by atoms with Gasteiger partial charge in [0.2, 0.25) is 0 Å². The first-order valence-corrected chi connectivity index (χ1v) is 5.98. The second-order valence-electron chi connectivity index (χ2n) is 4.18. The Morgan fingerprint density at radius 3 is 2.47 bits per heavy atom. The van der Waals surface area contributed by atoms with Crippen molar-refractivity contribution in [1.29, 1.82) is 0 Å². The van der Waals surface area contributed by atoms with E-state index in [1.165, 1.54) is 0 Å². The zero-order chi connectivity index (χ0) is 12.7. The smallest absolute Gasteiger partial charge is 0.183 e. The summed E-state index contributed by atoms with van der Waals surface area (Å²) in [6.07, 6.45) is 4.45. The van der Waals surface area contributed by atoms with E-state index in [1.807, 2.05) is 57.2 Å². The molecule has 0 aliphatic carbocycles. The lowest BCUT2D eigenvalue weighted by molar-refractivity contribution is -0.118. The molecule has 90 valence electrons. The average molecular weight is 229 g/mol. The minimum Gasteiger partial charge on any atom is -0.292 e. The van der Waals surface area contributed by atoms with Crippen LogP contribution in [-0.4, -0.2) is 12.0 Å². The molecule has 17 heavy (non-hydrogen) atoms. The van der Waals surface area contributed by atoms with Gasteiger partial charge in [0.05, 0.1) is 0 Å². The summed E-state index contributed by atoms with van der Waals surface area (Å²) in [4.78, 5) is 16.2. The van der Waals surface area contributed by atoms with E-state index in [-0.39, 0.29) is 11.7 Å². The Labute approximate surface area is 103 Å². The third kappa shape index (κ3) is 4.35. The van der Waals surface area contributed by atoms with Crippen molar-refractivity contribution in [3.05, 3.63) is 41.6 Å². The summed E-state index contributed by atoms with van der Waals surface area (Å²) in [5.74, 6) is 0.0533. The van der Waals surface area contributed by atoms with Crippen LogP contribution in [-0.2, 0) is 4.79 Å². The van der Waals surface area contributed by atoms with Crippen LogP contribution >= 0.6 is 0 Å². The van der Waals surface area contributed by atoms with Gasteiger partial charge in [-0.3, -0.25) is 9.79 Å². The zero-order valence-electron chi connectivity index (χ0n) is 10.7. The van der Waals surface area contributed by atoms with Crippen LogP contribution in [0.5, 0.6) is 0 Å². The summed E-state index contributed by atoms with van der Waals surface area (Å²) in [6, 6.07) is 9.79. The van der Waals surface area contributed by atoms with Crippen LogP contribution < -0.4 is 0 Å². The van der Waals surface area contributed by atoms with Crippen molar-refractivity contribution in [2.75, 3.05) is 0 Å². The van der Waals surface area contributed by atoms with E-state index in [0.29, 0.717) is 5.70 Å². The van der Waals surface area contributed by atoms with Crippen LogP contribution in [0.1, 0.15) is 32.8 Å². The summed E-state index contributed by atoms with van der Waals surface area (Å²) in [7, 11) is 0. The van der Waals surface area contributed by atoms with E-state index in [9.17, 15) is 4.79 Å². The van der Waals surface area contributed by atoms with E-state index in [4.69, 9.17) is 0 Å². The highest BCUT2D eigenvalue weighted by molar-refractivity contribution is 6.01.